The van der Waals surface area contributed by atoms with E-state index in [1.165, 1.54) is 147 Å². The highest BCUT2D eigenvalue weighted by atomic mass is 28.4. The SMILES string of the molecule is C=CCCCCCCCCC1c2cc(c(O[Si](C)(C)C)cc2O[Si](C)(C)C)C(CCCCCCCCC=C)c2cc(c(O[Si](C)(C)C)cc2O[Si](C)(C)C)C(CCCCCCCCC=C)c2cc(c(O[Si](C)(C)C)cc2O[Si](C)(C)C)C(CCCCCCCCC=C)c2cc1c(O[Si](C)(C)C)cc2O[Si](C)(C)C. The predicted octanol–water partition coefficient (Wildman–Crippen LogP) is 31.5. The summed E-state index contributed by atoms with van der Waals surface area (Å²) in [6.07, 6.45) is 44.2. The maximum Gasteiger partial charge on any atom is 0.242 e. The molecule has 5 rings (SSSR count). The van der Waals surface area contributed by atoms with Gasteiger partial charge in [-0.1, -0.05) is 153 Å². The molecule has 0 spiro atoms. The topological polar surface area (TPSA) is 73.8 Å². The first-order valence-corrected chi connectivity index (χ1v) is 70.4. The lowest BCUT2D eigenvalue weighted by molar-refractivity contribution is 0.483. The molecule has 0 heterocycles. The second-order valence-corrected chi connectivity index (χ2v) is 75.0. The number of allylic oxidation sites excluding steroid dienone is 4. The van der Waals surface area contributed by atoms with Crippen LogP contribution < -0.4 is 35.4 Å². The van der Waals surface area contributed by atoms with Crippen LogP contribution in [0.2, 0.25) is 157 Å². The second-order valence-electron chi connectivity index (χ2n) is 39.6. The number of hydrogen-bond acceptors (Lipinski definition) is 8. The molecule has 608 valence electrons. The van der Waals surface area contributed by atoms with Gasteiger partial charge in [0.05, 0.1) is 0 Å². The zero-order valence-corrected chi connectivity index (χ0v) is 82.0. The van der Waals surface area contributed by atoms with E-state index in [1.807, 2.05) is 0 Å². The second kappa shape index (κ2) is 44.0. The molecule has 4 aromatic carbocycles. The number of hydrogen-bond donors (Lipinski definition) is 0. The summed E-state index contributed by atoms with van der Waals surface area (Å²) in [7, 11) is -18.8. The average Bonchev–Trinajstić information content (AvgIpc) is 0.742. The standard InChI is InChI=1S/C92H160O8Si8/c1-29-33-37-41-45-49-53-57-61-73-77-65-79(87(95-103(11,12)13)69-85(77)93-101(5,6)7)74(62-58-54-50-46-42-38-34-30-2)81-67-83(91(99-107(23,24)25)71-89(81)97-105(17,18)19)76(64-60-56-52-48-44-40-36-32-4)84-68-82(90(98-106(20,21)22)72-92(84)100-108(26,27)28)75(63-59-55-51-47-43-39-35-31-3)80-66-78(73)86(94-102(8,9)10)70-88(80)96-104(14,15)16/h29-32,65-76H,1-4,33-64H2,5-28H3. The fourth-order valence-electron chi connectivity index (χ4n) is 15.2. The van der Waals surface area contributed by atoms with Crippen molar-refractivity contribution in [1.82, 2.24) is 0 Å². The van der Waals surface area contributed by atoms with Gasteiger partial charge in [0.15, 0.2) is 0 Å². The van der Waals surface area contributed by atoms with Gasteiger partial charge >= 0.3 is 0 Å². The third-order valence-electron chi connectivity index (χ3n) is 19.5. The van der Waals surface area contributed by atoms with E-state index in [0.717, 1.165) is 149 Å². The van der Waals surface area contributed by atoms with Crippen LogP contribution in [0.1, 0.15) is 274 Å². The first kappa shape index (κ1) is 94.6. The van der Waals surface area contributed by atoms with E-state index in [2.05, 4.69) is 256 Å². The lowest BCUT2D eigenvalue weighted by atomic mass is 9.76. The van der Waals surface area contributed by atoms with Crippen LogP contribution in [0.3, 0.4) is 0 Å². The molecule has 0 saturated carbocycles. The number of benzene rings is 4. The normalized spacial score (nSPS) is 16.0. The minimum Gasteiger partial charge on any atom is -0.544 e. The summed E-state index contributed by atoms with van der Waals surface area (Å²) < 4.78 is 62.2. The van der Waals surface area contributed by atoms with E-state index >= 15 is 0 Å². The Kier molecular flexibility index (Phi) is 38.5. The predicted molar refractivity (Wildman–Crippen MR) is 493 cm³/mol. The molecular formula is C92H160O8Si8. The van der Waals surface area contributed by atoms with E-state index < -0.39 is 66.5 Å². The molecule has 0 atom stereocenters. The fourth-order valence-corrected chi connectivity index (χ4v) is 21.9. The zero-order valence-electron chi connectivity index (χ0n) is 74.0. The minimum atomic E-state index is -2.35. The van der Waals surface area contributed by atoms with Crippen LogP contribution in [0.15, 0.2) is 99.2 Å². The number of unbranched alkanes of at least 4 members (excludes halogenated alkanes) is 24. The van der Waals surface area contributed by atoms with Gasteiger partial charge in [0.2, 0.25) is 66.5 Å². The van der Waals surface area contributed by atoms with Crippen molar-refractivity contribution in [2.24, 2.45) is 0 Å². The van der Waals surface area contributed by atoms with Crippen LogP contribution in [0, 0.1) is 0 Å². The van der Waals surface area contributed by atoms with Gasteiger partial charge in [-0.15, -0.1) is 26.3 Å². The summed E-state index contributed by atoms with van der Waals surface area (Å²) >= 11 is 0. The molecule has 108 heavy (non-hydrogen) atoms. The molecule has 0 N–H and O–H groups in total. The minimum absolute atomic E-state index is 0.129. The molecule has 0 unspecified atom stereocenters. The van der Waals surface area contributed by atoms with Crippen LogP contribution in [0.25, 0.3) is 0 Å². The molecule has 0 fully saturated rings. The molecule has 4 aromatic rings. The van der Waals surface area contributed by atoms with Crippen molar-refractivity contribution >= 4 is 66.5 Å². The third-order valence-corrected chi connectivity index (χ3v) is 26.2. The summed E-state index contributed by atoms with van der Waals surface area (Å²) in [6.45, 7) is 72.9. The lowest BCUT2D eigenvalue weighted by Gasteiger charge is -2.36. The molecule has 8 nitrogen and oxygen atoms in total. The van der Waals surface area contributed by atoms with Gasteiger partial charge in [-0.3, -0.25) is 0 Å². The molecular weight excluding hydrogens is 1460 g/mol. The quantitative estimate of drug-likeness (QED) is 0.0246. The van der Waals surface area contributed by atoms with Crippen molar-refractivity contribution < 1.29 is 35.4 Å². The highest BCUT2D eigenvalue weighted by molar-refractivity contribution is 6.73. The highest BCUT2D eigenvalue weighted by Gasteiger charge is 2.40. The zero-order chi connectivity index (χ0) is 80.3. The van der Waals surface area contributed by atoms with Gasteiger partial charge in [-0.2, -0.15) is 0 Å². The van der Waals surface area contributed by atoms with Gasteiger partial charge in [-0.25, -0.2) is 0 Å². The molecule has 0 aromatic heterocycles. The molecule has 0 aliphatic heterocycles. The molecule has 0 saturated heterocycles. The van der Waals surface area contributed by atoms with E-state index in [9.17, 15) is 0 Å². The maximum absolute atomic E-state index is 7.78. The maximum atomic E-state index is 7.78. The Morgan fingerprint density at radius 1 is 0.194 bits per heavy atom. The summed E-state index contributed by atoms with van der Waals surface area (Å²) in [4.78, 5) is 0. The Labute approximate surface area is 673 Å². The first-order valence-electron chi connectivity index (χ1n) is 43.1. The molecule has 1 aliphatic rings. The van der Waals surface area contributed by atoms with Crippen LogP contribution >= 0.6 is 0 Å². The van der Waals surface area contributed by atoms with Crippen molar-refractivity contribution in [3.05, 3.63) is 144 Å². The third kappa shape index (κ3) is 35.2. The molecule has 0 amide bonds. The van der Waals surface area contributed by atoms with Crippen LogP contribution in [0.5, 0.6) is 46.0 Å². The molecule has 0 radical (unpaired) electrons. The summed E-state index contributed by atoms with van der Waals surface area (Å²) in [5.41, 5.74) is 9.82. The van der Waals surface area contributed by atoms with Crippen molar-refractivity contribution in [3.8, 4) is 46.0 Å². The Balaban J connectivity index is 2.28. The summed E-state index contributed by atoms with van der Waals surface area (Å²) in [6, 6.07) is 20.2. The van der Waals surface area contributed by atoms with Gasteiger partial charge in [0.1, 0.15) is 46.0 Å². The molecule has 16 heteroatoms. The fraction of sp³-hybridized carbons (Fsp3) is 0.652. The number of rotatable bonds is 52. The summed E-state index contributed by atoms with van der Waals surface area (Å²) in [5.74, 6) is 7.04. The van der Waals surface area contributed by atoms with Gasteiger partial charge in [0.25, 0.3) is 0 Å². The van der Waals surface area contributed by atoms with E-state index in [4.69, 9.17) is 35.4 Å². The van der Waals surface area contributed by atoms with Crippen molar-refractivity contribution in [2.45, 2.75) is 386 Å². The van der Waals surface area contributed by atoms with Gasteiger partial charge in [-0.05, 0) is 258 Å². The summed E-state index contributed by atoms with van der Waals surface area (Å²) in [5, 5.41) is 0. The first-order chi connectivity index (χ1) is 50.4. The van der Waals surface area contributed by atoms with Crippen molar-refractivity contribution in [3.63, 3.8) is 0 Å². The van der Waals surface area contributed by atoms with Crippen LogP contribution in [-0.2, 0) is 0 Å². The van der Waals surface area contributed by atoms with E-state index in [1.54, 1.807) is 0 Å². The Morgan fingerprint density at radius 2 is 0.315 bits per heavy atom. The smallest absolute Gasteiger partial charge is 0.242 e. The molecule has 1 aliphatic carbocycles. The largest absolute Gasteiger partial charge is 0.544 e. The Morgan fingerprint density at radius 3 is 0.435 bits per heavy atom. The molecule has 8 bridgehead atoms. The van der Waals surface area contributed by atoms with Crippen molar-refractivity contribution in [2.75, 3.05) is 0 Å². The lowest BCUT2D eigenvalue weighted by Crippen LogP contribution is -2.33. The number of fused-ring (bicyclic) bond motifs is 8. The Hall–Kier alpha value is -4.02. The Bertz CT molecular complexity index is 2790. The van der Waals surface area contributed by atoms with Gasteiger partial charge < -0.3 is 35.4 Å². The van der Waals surface area contributed by atoms with Gasteiger partial charge in [0, 0.05) is 92.4 Å². The monoisotopic (exact) mass is 1620 g/mol. The van der Waals surface area contributed by atoms with Crippen LogP contribution in [-0.4, -0.2) is 66.5 Å². The van der Waals surface area contributed by atoms with E-state index in [0.29, 0.717) is 0 Å². The average molecular weight is 1620 g/mol. The van der Waals surface area contributed by atoms with Crippen LogP contribution in [0.4, 0.5) is 0 Å². The van der Waals surface area contributed by atoms with E-state index in [-0.39, 0.29) is 23.7 Å². The van der Waals surface area contributed by atoms with Crippen molar-refractivity contribution in [1.29, 1.82) is 0 Å². The highest BCUT2D eigenvalue weighted by Crippen LogP contribution is 2.56.